The molecule has 0 aliphatic carbocycles. The number of rotatable bonds is 3. The fourth-order valence-electron chi connectivity index (χ4n) is 2.27. The molecule has 0 aromatic heterocycles. The number of hydrogen-bond acceptors (Lipinski definition) is 3. The second-order valence-electron chi connectivity index (χ2n) is 4.48. The van der Waals surface area contributed by atoms with Gasteiger partial charge in [0.25, 0.3) is 0 Å². The van der Waals surface area contributed by atoms with Gasteiger partial charge in [0.05, 0.1) is 0 Å². The van der Waals surface area contributed by atoms with E-state index in [0.29, 0.717) is 16.1 Å². The number of benzene rings is 1. The Kier molecular flexibility index (Phi) is 4.43. The van der Waals surface area contributed by atoms with Crippen molar-refractivity contribution in [1.29, 1.82) is 0 Å². The van der Waals surface area contributed by atoms with E-state index in [1.165, 1.54) is 0 Å². The zero-order valence-electron chi connectivity index (χ0n) is 10.4. The Balaban J connectivity index is 2.30. The molecule has 1 fully saturated rings. The van der Waals surface area contributed by atoms with Gasteiger partial charge < -0.3 is 15.4 Å². The highest BCUT2D eigenvalue weighted by Crippen LogP contribution is 2.28. The van der Waals surface area contributed by atoms with Crippen molar-refractivity contribution in [3.05, 3.63) is 28.8 Å². The molecule has 2 N–H and O–H groups in total. The molecule has 98 valence electrons. The molecule has 1 aromatic rings. The zero-order chi connectivity index (χ0) is 13.1. The van der Waals surface area contributed by atoms with E-state index in [1.54, 1.807) is 0 Å². The predicted molar refractivity (Wildman–Crippen MR) is 79.6 cm³/mol. The van der Waals surface area contributed by atoms with Gasteiger partial charge in [0, 0.05) is 42.6 Å². The predicted octanol–water partition coefficient (Wildman–Crippen LogP) is 2.59. The summed E-state index contributed by atoms with van der Waals surface area (Å²) in [5.41, 5.74) is 7.65. The minimum Gasteiger partial charge on any atom is -0.389 e. The minimum absolute atomic E-state index is 0.403. The Morgan fingerprint density at radius 2 is 2.11 bits per heavy atom. The highest BCUT2D eigenvalue weighted by atomic mass is 35.5. The number of nitrogens with two attached hydrogens (primary N) is 1. The first-order valence-corrected chi connectivity index (χ1v) is 6.78. The summed E-state index contributed by atoms with van der Waals surface area (Å²) in [5, 5.41) is 0.698. The molecule has 0 unspecified atom stereocenters. The van der Waals surface area contributed by atoms with Gasteiger partial charge >= 0.3 is 0 Å². The molecule has 1 aliphatic heterocycles. The van der Waals surface area contributed by atoms with Crippen molar-refractivity contribution < 1.29 is 4.74 Å². The fourth-order valence-corrected chi connectivity index (χ4v) is 2.61. The van der Waals surface area contributed by atoms with Crippen LogP contribution in [0.4, 0.5) is 5.69 Å². The maximum atomic E-state index is 6.07. The molecule has 1 aromatic carbocycles. The fraction of sp³-hybridized carbons (Fsp3) is 0.462. The third kappa shape index (κ3) is 2.94. The van der Waals surface area contributed by atoms with Gasteiger partial charge in [-0.05, 0) is 31.0 Å². The molecular weight excluding hydrogens is 268 g/mol. The largest absolute Gasteiger partial charge is 0.389 e. The zero-order valence-corrected chi connectivity index (χ0v) is 11.9. The maximum Gasteiger partial charge on any atom is 0.106 e. The Morgan fingerprint density at radius 1 is 1.44 bits per heavy atom. The van der Waals surface area contributed by atoms with Crippen molar-refractivity contribution in [2.24, 2.45) is 5.73 Å². The highest BCUT2D eigenvalue weighted by molar-refractivity contribution is 7.80. The van der Waals surface area contributed by atoms with Gasteiger partial charge in [0.15, 0.2) is 0 Å². The number of thiocarbonyl (C=S) groups is 1. The van der Waals surface area contributed by atoms with E-state index >= 15 is 0 Å². The van der Waals surface area contributed by atoms with Crippen LogP contribution in [0, 0.1) is 0 Å². The van der Waals surface area contributed by atoms with Crippen LogP contribution < -0.4 is 10.6 Å². The van der Waals surface area contributed by atoms with Crippen LogP contribution in [0.15, 0.2) is 18.2 Å². The molecule has 1 heterocycles. The first-order valence-electron chi connectivity index (χ1n) is 5.99. The van der Waals surface area contributed by atoms with E-state index in [4.69, 9.17) is 34.3 Å². The summed E-state index contributed by atoms with van der Waals surface area (Å²) in [6, 6.07) is 6.07. The average molecular weight is 285 g/mol. The molecule has 0 spiro atoms. The van der Waals surface area contributed by atoms with Crippen LogP contribution in [0.3, 0.4) is 0 Å². The number of halogens is 1. The maximum absolute atomic E-state index is 6.07. The summed E-state index contributed by atoms with van der Waals surface area (Å²) in [7, 11) is 2.06. The molecule has 0 amide bonds. The van der Waals surface area contributed by atoms with Crippen molar-refractivity contribution in [3.8, 4) is 0 Å². The van der Waals surface area contributed by atoms with Crippen LogP contribution in [0.25, 0.3) is 0 Å². The standard InChI is InChI=1S/C13H17ClN2OS/c1-16(10-4-6-17-7-5-10)12-8-9(14)2-3-11(12)13(15)18/h2-3,8,10H,4-7H2,1H3,(H2,15,18). The summed E-state index contributed by atoms with van der Waals surface area (Å²) in [6.45, 7) is 1.61. The average Bonchev–Trinajstić information content (AvgIpc) is 2.38. The topological polar surface area (TPSA) is 38.5 Å². The van der Waals surface area contributed by atoms with Crippen molar-refractivity contribution >= 4 is 34.5 Å². The summed E-state index contributed by atoms with van der Waals surface area (Å²) in [5.74, 6) is 0. The number of anilines is 1. The molecule has 2 rings (SSSR count). The van der Waals surface area contributed by atoms with E-state index in [-0.39, 0.29) is 0 Å². The Bertz CT molecular complexity index is 447. The highest BCUT2D eigenvalue weighted by Gasteiger charge is 2.21. The summed E-state index contributed by atoms with van der Waals surface area (Å²) >= 11 is 11.2. The molecule has 0 bridgehead atoms. The second kappa shape index (κ2) is 5.87. The Morgan fingerprint density at radius 3 is 2.72 bits per heavy atom. The van der Waals surface area contributed by atoms with Gasteiger partial charge in [-0.3, -0.25) is 0 Å². The normalized spacial score (nSPS) is 16.6. The smallest absolute Gasteiger partial charge is 0.106 e. The van der Waals surface area contributed by atoms with Gasteiger partial charge in [-0.2, -0.15) is 0 Å². The molecule has 1 aliphatic rings. The molecule has 0 radical (unpaired) electrons. The van der Waals surface area contributed by atoms with Gasteiger partial charge in [-0.15, -0.1) is 0 Å². The van der Waals surface area contributed by atoms with Crippen LogP contribution in [0.1, 0.15) is 18.4 Å². The number of ether oxygens (including phenoxy) is 1. The van der Waals surface area contributed by atoms with Crippen molar-refractivity contribution in [2.75, 3.05) is 25.2 Å². The van der Waals surface area contributed by atoms with Gasteiger partial charge in [-0.25, -0.2) is 0 Å². The lowest BCUT2D eigenvalue weighted by Crippen LogP contribution is -2.37. The van der Waals surface area contributed by atoms with Crippen molar-refractivity contribution in [2.45, 2.75) is 18.9 Å². The van der Waals surface area contributed by atoms with Crippen LogP contribution in [-0.2, 0) is 4.74 Å². The molecule has 0 atom stereocenters. The lowest BCUT2D eigenvalue weighted by atomic mass is 10.0. The first-order chi connectivity index (χ1) is 8.59. The molecule has 18 heavy (non-hydrogen) atoms. The lowest BCUT2D eigenvalue weighted by molar-refractivity contribution is 0.0855. The summed E-state index contributed by atoms with van der Waals surface area (Å²) < 4.78 is 5.38. The number of hydrogen-bond donors (Lipinski definition) is 1. The van der Waals surface area contributed by atoms with E-state index in [2.05, 4.69) is 11.9 Å². The molecule has 0 saturated carbocycles. The van der Waals surface area contributed by atoms with E-state index < -0.39 is 0 Å². The Labute approximate surface area is 118 Å². The van der Waals surface area contributed by atoms with E-state index in [1.807, 2.05) is 18.2 Å². The van der Waals surface area contributed by atoms with Gasteiger partial charge in [-0.1, -0.05) is 23.8 Å². The summed E-state index contributed by atoms with van der Waals surface area (Å²) in [6.07, 6.45) is 2.03. The quantitative estimate of drug-likeness (QED) is 0.866. The van der Waals surface area contributed by atoms with E-state index in [0.717, 1.165) is 37.3 Å². The second-order valence-corrected chi connectivity index (χ2v) is 5.36. The lowest BCUT2D eigenvalue weighted by Gasteiger charge is -2.34. The van der Waals surface area contributed by atoms with Crippen LogP contribution in [0.5, 0.6) is 0 Å². The first kappa shape index (κ1) is 13.6. The number of nitrogens with zero attached hydrogens (tertiary/aromatic N) is 1. The SMILES string of the molecule is CN(c1cc(Cl)ccc1C(N)=S)C1CCOCC1. The van der Waals surface area contributed by atoms with Gasteiger partial charge in [0.2, 0.25) is 0 Å². The molecule has 1 saturated heterocycles. The third-order valence-corrected chi connectivity index (χ3v) is 3.80. The monoisotopic (exact) mass is 284 g/mol. The Hall–Kier alpha value is -0.840. The van der Waals surface area contributed by atoms with Crippen molar-refractivity contribution in [1.82, 2.24) is 0 Å². The third-order valence-electron chi connectivity index (χ3n) is 3.34. The van der Waals surface area contributed by atoms with Crippen molar-refractivity contribution in [3.63, 3.8) is 0 Å². The molecule has 3 nitrogen and oxygen atoms in total. The minimum atomic E-state index is 0.403. The van der Waals surface area contributed by atoms with Crippen LogP contribution in [-0.4, -0.2) is 31.3 Å². The van der Waals surface area contributed by atoms with Crippen LogP contribution >= 0.6 is 23.8 Å². The van der Waals surface area contributed by atoms with Crippen LogP contribution in [0.2, 0.25) is 5.02 Å². The van der Waals surface area contributed by atoms with Gasteiger partial charge in [0.1, 0.15) is 4.99 Å². The molecular formula is C13H17ClN2OS. The summed E-state index contributed by atoms with van der Waals surface area (Å²) in [4.78, 5) is 2.61. The molecule has 5 heteroatoms. The van der Waals surface area contributed by atoms with E-state index in [9.17, 15) is 0 Å².